The van der Waals surface area contributed by atoms with E-state index in [1.54, 1.807) is 29.3 Å². The third kappa shape index (κ3) is 3.34. The van der Waals surface area contributed by atoms with E-state index in [2.05, 4.69) is 15.3 Å². The SMILES string of the molecule is O=C(C[C@@H]1C(=O)N(Cc2ccccn2)c2nc3ccccc3n21)Nc1ccc2c(c1)OCO2. The Balaban J connectivity index is 1.30. The molecule has 1 atom stereocenters. The average molecular weight is 441 g/mol. The fourth-order valence-electron chi connectivity index (χ4n) is 4.26. The van der Waals surface area contributed by atoms with Gasteiger partial charge in [-0.15, -0.1) is 0 Å². The molecule has 0 saturated heterocycles. The van der Waals surface area contributed by atoms with Crippen molar-refractivity contribution in [3.63, 3.8) is 0 Å². The fraction of sp³-hybridized carbons (Fsp3) is 0.167. The van der Waals surface area contributed by atoms with E-state index >= 15 is 0 Å². The van der Waals surface area contributed by atoms with Crippen molar-refractivity contribution in [3.8, 4) is 11.5 Å². The molecule has 4 aromatic rings. The summed E-state index contributed by atoms with van der Waals surface area (Å²) in [6.45, 7) is 0.440. The van der Waals surface area contributed by atoms with Crippen LogP contribution in [0.25, 0.3) is 11.0 Å². The number of imidazole rings is 1. The fourth-order valence-corrected chi connectivity index (χ4v) is 4.26. The monoisotopic (exact) mass is 441 g/mol. The molecule has 6 rings (SSSR count). The van der Waals surface area contributed by atoms with E-state index in [1.807, 2.05) is 47.0 Å². The van der Waals surface area contributed by atoms with Gasteiger partial charge in [0.05, 0.1) is 29.7 Å². The summed E-state index contributed by atoms with van der Waals surface area (Å²) in [5, 5.41) is 2.86. The number of carbonyl (C=O) groups excluding carboxylic acids is 2. The van der Waals surface area contributed by atoms with Crippen molar-refractivity contribution in [1.29, 1.82) is 0 Å². The first-order chi connectivity index (χ1) is 16.2. The van der Waals surface area contributed by atoms with E-state index < -0.39 is 6.04 Å². The third-order valence-electron chi connectivity index (χ3n) is 5.76. The molecule has 4 heterocycles. The molecule has 1 N–H and O–H groups in total. The van der Waals surface area contributed by atoms with Gasteiger partial charge in [-0.25, -0.2) is 4.98 Å². The first-order valence-electron chi connectivity index (χ1n) is 10.5. The van der Waals surface area contributed by atoms with Crippen molar-refractivity contribution in [2.75, 3.05) is 17.0 Å². The normalized spacial score (nSPS) is 16.3. The van der Waals surface area contributed by atoms with Crippen LogP contribution in [0.2, 0.25) is 0 Å². The van der Waals surface area contributed by atoms with Crippen LogP contribution in [-0.2, 0) is 16.1 Å². The van der Waals surface area contributed by atoms with E-state index in [-0.39, 0.29) is 31.6 Å². The Morgan fingerprint density at radius 3 is 2.79 bits per heavy atom. The molecule has 2 amide bonds. The third-order valence-corrected chi connectivity index (χ3v) is 5.76. The minimum atomic E-state index is -0.704. The smallest absolute Gasteiger partial charge is 0.253 e. The molecule has 2 aliphatic heterocycles. The quantitative estimate of drug-likeness (QED) is 0.510. The number of ether oxygens (including phenoxy) is 2. The molecule has 2 aliphatic rings. The molecule has 2 aromatic heterocycles. The Morgan fingerprint density at radius 2 is 1.91 bits per heavy atom. The van der Waals surface area contributed by atoms with Crippen LogP contribution in [0.5, 0.6) is 11.5 Å². The summed E-state index contributed by atoms with van der Waals surface area (Å²) in [7, 11) is 0. The summed E-state index contributed by atoms with van der Waals surface area (Å²) < 4.78 is 12.5. The van der Waals surface area contributed by atoms with Crippen LogP contribution in [0.15, 0.2) is 66.9 Å². The predicted molar refractivity (Wildman–Crippen MR) is 120 cm³/mol. The molecule has 33 heavy (non-hydrogen) atoms. The largest absolute Gasteiger partial charge is 0.454 e. The highest BCUT2D eigenvalue weighted by Crippen LogP contribution is 2.38. The van der Waals surface area contributed by atoms with E-state index in [4.69, 9.17) is 9.47 Å². The molecule has 9 heteroatoms. The van der Waals surface area contributed by atoms with Crippen molar-refractivity contribution in [2.24, 2.45) is 0 Å². The first-order valence-corrected chi connectivity index (χ1v) is 10.5. The summed E-state index contributed by atoms with van der Waals surface area (Å²) in [5.41, 5.74) is 2.91. The van der Waals surface area contributed by atoms with Crippen LogP contribution in [0.4, 0.5) is 11.6 Å². The Labute approximate surface area is 188 Å². The van der Waals surface area contributed by atoms with Crippen LogP contribution in [0.1, 0.15) is 18.2 Å². The summed E-state index contributed by atoms with van der Waals surface area (Å²) in [6.07, 6.45) is 1.66. The number of rotatable bonds is 5. The first kappa shape index (κ1) is 19.3. The lowest BCUT2D eigenvalue weighted by atomic mass is 10.1. The Morgan fingerprint density at radius 1 is 1.06 bits per heavy atom. The van der Waals surface area contributed by atoms with Gasteiger partial charge >= 0.3 is 0 Å². The molecule has 0 bridgehead atoms. The number of fused-ring (bicyclic) bond motifs is 4. The van der Waals surface area contributed by atoms with E-state index in [9.17, 15) is 9.59 Å². The molecule has 0 spiro atoms. The lowest BCUT2D eigenvalue weighted by molar-refractivity contribution is -0.124. The molecular formula is C24H19N5O4. The van der Waals surface area contributed by atoms with Crippen molar-refractivity contribution >= 4 is 34.5 Å². The number of pyridine rings is 1. The maximum Gasteiger partial charge on any atom is 0.253 e. The van der Waals surface area contributed by atoms with Crippen LogP contribution in [0.3, 0.4) is 0 Å². The van der Waals surface area contributed by atoms with Crippen molar-refractivity contribution in [3.05, 3.63) is 72.6 Å². The second-order valence-electron chi connectivity index (χ2n) is 7.85. The number of aromatic nitrogens is 3. The highest BCUT2D eigenvalue weighted by atomic mass is 16.7. The number of nitrogens with zero attached hydrogens (tertiary/aromatic N) is 4. The number of benzene rings is 2. The Hall–Kier alpha value is -4.40. The van der Waals surface area contributed by atoms with E-state index in [0.29, 0.717) is 23.1 Å². The topological polar surface area (TPSA) is 98.6 Å². The van der Waals surface area contributed by atoms with Gasteiger partial charge in [0, 0.05) is 18.0 Å². The zero-order valence-corrected chi connectivity index (χ0v) is 17.5. The Bertz CT molecular complexity index is 1380. The zero-order chi connectivity index (χ0) is 22.4. The van der Waals surface area contributed by atoms with Crippen LogP contribution < -0.4 is 19.7 Å². The molecule has 0 radical (unpaired) electrons. The van der Waals surface area contributed by atoms with Gasteiger partial charge in [-0.05, 0) is 36.4 Å². The second-order valence-corrected chi connectivity index (χ2v) is 7.85. The van der Waals surface area contributed by atoms with Gasteiger partial charge in [-0.2, -0.15) is 0 Å². The number of anilines is 2. The summed E-state index contributed by atoms with van der Waals surface area (Å²) >= 11 is 0. The molecule has 0 aliphatic carbocycles. The molecule has 0 fully saturated rings. The van der Waals surface area contributed by atoms with Gasteiger partial charge in [-0.3, -0.25) is 24.0 Å². The standard InChI is InChI=1S/C24H19N5O4/c30-22(26-15-8-9-20-21(11-15)33-14-32-20)12-19-23(31)28(13-16-5-3-4-10-25-16)24-27-17-6-1-2-7-18(17)29(19)24/h1-11,19H,12-14H2,(H,26,30)/t19-/m1/s1. The summed E-state index contributed by atoms with van der Waals surface area (Å²) in [5.74, 6) is 1.27. The molecular weight excluding hydrogens is 422 g/mol. The van der Waals surface area contributed by atoms with Gasteiger partial charge in [0.2, 0.25) is 18.6 Å². The highest BCUT2D eigenvalue weighted by molar-refractivity contribution is 6.05. The van der Waals surface area contributed by atoms with Crippen LogP contribution in [0, 0.1) is 0 Å². The lowest BCUT2D eigenvalue weighted by Gasteiger charge is -2.15. The highest BCUT2D eigenvalue weighted by Gasteiger charge is 2.41. The molecule has 0 unspecified atom stereocenters. The van der Waals surface area contributed by atoms with Crippen LogP contribution in [-0.4, -0.2) is 33.1 Å². The van der Waals surface area contributed by atoms with Crippen LogP contribution >= 0.6 is 0 Å². The molecule has 2 aromatic carbocycles. The van der Waals surface area contributed by atoms with E-state index in [1.165, 1.54) is 0 Å². The van der Waals surface area contributed by atoms with Gasteiger partial charge in [-0.1, -0.05) is 18.2 Å². The van der Waals surface area contributed by atoms with E-state index in [0.717, 1.165) is 16.7 Å². The number of amides is 2. The Kier molecular flexibility index (Phi) is 4.46. The summed E-state index contributed by atoms with van der Waals surface area (Å²) in [4.78, 5) is 37.0. The average Bonchev–Trinajstić information content (AvgIpc) is 3.51. The van der Waals surface area contributed by atoms with Gasteiger partial charge < -0.3 is 14.8 Å². The number of para-hydroxylation sites is 2. The second kappa shape index (κ2) is 7.63. The van der Waals surface area contributed by atoms with Crippen molar-refractivity contribution < 1.29 is 19.1 Å². The minimum Gasteiger partial charge on any atom is -0.454 e. The summed E-state index contributed by atoms with van der Waals surface area (Å²) in [6, 6.07) is 17.7. The lowest BCUT2D eigenvalue weighted by Crippen LogP contribution is -2.31. The van der Waals surface area contributed by atoms with Gasteiger partial charge in [0.1, 0.15) is 6.04 Å². The molecule has 9 nitrogen and oxygen atoms in total. The number of hydrogen-bond acceptors (Lipinski definition) is 6. The molecule has 0 saturated carbocycles. The van der Waals surface area contributed by atoms with Gasteiger partial charge in [0.25, 0.3) is 5.91 Å². The zero-order valence-electron chi connectivity index (χ0n) is 17.5. The van der Waals surface area contributed by atoms with Crippen molar-refractivity contribution in [1.82, 2.24) is 14.5 Å². The predicted octanol–water partition coefficient (Wildman–Crippen LogP) is 3.28. The van der Waals surface area contributed by atoms with Gasteiger partial charge in [0.15, 0.2) is 11.5 Å². The van der Waals surface area contributed by atoms with Crippen molar-refractivity contribution in [2.45, 2.75) is 19.0 Å². The maximum absolute atomic E-state index is 13.4. The number of hydrogen-bond donors (Lipinski definition) is 1. The number of nitrogens with one attached hydrogen (secondary N) is 1. The molecule has 164 valence electrons. The maximum atomic E-state index is 13.4. The number of carbonyl (C=O) groups is 2. The minimum absolute atomic E-state index is 0.0284.